The molecule has 0 aromatic rings. The highest BCUT2D eigenvalue weighted by Gasteiger charge is 2.30. The summed E-state index contributed by atoms with van der Waals surface area (Å²) in [6.07, 6.45) is 2.43. The van der Waals surface area contributed by atoms with E-state index in [4.69, 9.17) is 5.11 Å². The first-order chi connectivity index (χ1) is 8.68. The quantitative estimate of drug-likeness (QED) is 0.702. The second-order valence-corrected chi connectivity index (χ2v) is 5.00. The Morgan fingerprint density at radius 3 is 2.61 bits per heavy atom. The predicted molar refractivity (Wildman–Crippen MR) is 66.4 cm³/mol. The number of aliphatic carboxylic acids is 1. The van der Waals surface area contributed by atoms with Crippen molar-refractivity contribution in [2.45, 2.75) is 19.3 Å². The van der Waals surface area contributed by atoms with Crippen LogP contribution >= 0.6 is 0 Å². The van der Waals surface area contributed by atoms with E-state index in [2.05, 4.69) is 5.32 Å². The van der Waals surface area contributed by atoms with E-state index in [1.807, 2.05) is 4.90 Å². The number of hydrogen-bond donors (Lipinski definition) is 2. The van der Waals surface area contributed by atoms with Gasteiger partial charge in [-0.15, -0.1) is 0 Å². The predicted octanol–water partition coefficient (Wildman–Crippen LogP) is 0.198. The molecular weight excluding hydrogens is 234 g/mol. The molecule has 2 saturated heterocycles. The average molecular weight is 255 g/mol. The van der Waals surface area contributed by atoms with Gasteiger partial charge in [-0.05, 0) is 25.8 Å². The molecule has 102 valence electrons. The number of carbonyl (C=O) groups is 2. The molecule has 0 saturated carbocycles. The summed E-state index contributed by atoms with van der Waals surface area (Å²) in [6.45, 7) is 4.29. The number of likely N-dealkylation sites (tertiary alicyclic amines) is 1. The van der Waals surface area contributed by atoms with Gasteiger partial charge in [-0.3, -0.25) is 4.79 Å². The molecule has 6 nitrogen and oxygen atoms in total. The summed E-state index contributed by atoms with van der Waals surface area (Å²) in [7, 11) is 0. The first-order valence-electron chi connectivity index (χ1n) is 6.66. The lowest BCUT2D eigenvalue weighted by Crippen LogP contribution is -2.49. The first-order valence-corrected chi connectivity index (χ1v) is 6.66. The van der Waals surface area contributed by atoms with Gasteiger partial charge in [0.25, 0.3) is 0 Å². The minimum absolute atomic E-state index is 0.00431. The van der Waals surface area contributed by atoms with Crippen molar-refractivity contribution in [1.82, 2.24) is 15.1 Å². The Morgan fingerprint density at radius 2 is 1.83 bits per heavy atom. The second kappa shape index (κ2) is 6.04. The third kappa shape index (κ3) is 3.13. The van der Waals surface area contributed by atoms with Crippen molar-refractivity contribution in [2.75, 3.05) is 39.3 Å². The summed E-state index contributed by atoms with van der Waals surface area (Å²) < 4.78 is 0. The third-order valence-electron chi connectivity index (χ3n) is 3.65. The van der Waals surface area contributed by atoms with Crippen LogP contribution in [-0.4, -0.2) is 66.2 Å². The largest absolute Gasteiger partial charge is 0.481 e. The number of carboxylic acid groups (broad SMARTS) is 1. The van der Waals surface area contributed by atoms with E-state index >= 15 is 0 Å². The van der Waals surface area contributed by atoms with Crippen LogP contribution in [0, 0.1) is 5.92 Å². The van der Waals surface area contributed by atoms with Crippen LogP contribution in [-0.2, 0) is 4.79 Å². The molecule has 2 fully saturated rings. The number of rotatable bonds is 1. The van der Waals surface area contributed by atoms with E-state index < -0.39 is 11.9 Å². The van der Waals surface area contributed by atoms with E-state index in [9.17, 15) is 9.59 Å². The van der Waals surface area contributed by atoms with Gasteiger partial charge in [0.2, 0.25) is 0 Å². The van der Waals surface area contributed by atoms with Crippen molar-refractivity contribution >= 4 is 12.0 Å². The van der Waals surface area contributed by atoms with E-state index in [0.717, 1.165) is 32.5 Å². The molecule has 0 aromatic heterocycles. The summed E-state index contributed by atoms with van der Waals surface area (Å²) >= 11 is 0. The first kappa shape index (κ1) is 13.1. The van der Waals surface area contributed by atoms with Crippen molar-refractivity contribution < 1.29 is 14.7 Å². The summed E-state index contributed by atoms with van der Waals surface area (Å²) in [5.74, 6) is -1.18. The average Bonchev–Trinajstić information content (AvgIpc) is 2.67. The fourth-order valence-electron chi connectivity index (χ4n) is 2.59. The van der Waals surface area contributed by atoms with Crippen molar-refractivity contribution in [2.24, 2.45) is 5.92 Å². The fraction of sp³-hybridized carbons (Fsp3) is 0.833. The molecule has 0 spiro atoms. The highest BCUT2D eigenvalue weighted by molar-refractivity contribution is 5.76. The maximum Gasteiger partial charge on any atom is 0.320 e. The lowest BCUT2D eigenvalue weighted by Gasteiger charge is -2.34. The van der Waals surface area contributed by atoms with Crippen LogP contribution in [0.2, 0.25) is 0 Å². The summed E-state index contributed by atoms with van der Waals surface area (Å²) in [6, 6.07) is 0.00431. The highest BCUT2D eigenvalue weighted by atomic mass is 16.4. The molecule has 0 unspecified atom stereocenters. The van der Waals surface area contributed by atoms with Crippen LogP contribution in [0.15, 0.2) is 0 Å². The van der Waals surface area contributed by atoms with Gasteiger partial charge in [0.05, 0.1) is 5.92 Å². The number of amides is 2. The minimum atomic E-state index is -0.787. The molecular formula is C12H21N3O3. The molecule has 18 heavy (non-hydrogen) atoms. The van der Waals surface area contributed by atoms with Gasteiger partial charge in [0.15, 0.2) is 0 Å². The zero-order chi connectivity index (χ0) is 13.0. The monoisotopic (exact) mass is 255 g/mol. The van der Waals surface area contributed by atoms with Gasteiger partial charge in [-0.25, -0.2) is 4.79 Å². The minimum Gasteiger partial charge on any atom is -0.481 e. The molecule has 2 amide bonds. The SMILES string of the molecule is O=C(O)[C@H]1CCCN(C(=O)N2CCCNCC2)C1. The Morgan fingerprint density at radius 1 is 1.06 bits per heavy atom. The van der Waals surface area contributed by atoms with E-state index in [1.165, 1.54) is 0 Å². The molecule has 1 atom stereocenters. The summed E-state index contributed by atoms with van der Waals surface area (Å²) in [4.78, 5) is 26.8. The van der Waals surface area contributed by atoms with Crippen LogP contribution in [0.3, 0.4) is 0 Å². The van der Waals surface area contributed by atoms with Crippen LogP contribution in [0.1, 0.15) is 19.3 Å². The van der Waals surface area contributed by atoms with Crippen LogP contribution < -0.4 is 5.32 Å². The molecule has 0 radical (unpaired) electrons. The zero-order valence-electron chi connectivity index (χ0n) is 10.6. The van der Waals surface area contributed by atoms with Crippen molar-refractivity contribution in [3.8, 4) is 0 Å². The Kier molecular flexibility index (Phi) is 4.41. The van der Waals surface area contributed by atoms with Crippen LogP contribution in [0.25, 0.3) is 0 Å². The molecule has 0 aliphatic carbocycles. The summed E-state index contributed by atoms with van der Waals surface area (Å²) in [5, 5.41) is 12.3. The molecule has 0 aromatic carbocycles. The van der Waals surface area contributed by atoms with E-state index in [-0.39, 0.29) is 6.03 Å². The highest BCUT2D eigenvalue weighted by Crippen LogP contribution is 2.18. The third-order valence-corrected chi connectivity index (χ3v) is 3.65. The van der Waals surface area contributed by atoms with Crippen molar-refractivity contribution in [3.05, 3.63) is 0 Å². The standard InChI is InChI=1S/C12H21N3O3/c16-11(17)10-3-1-6-15(9-10)12(18)14-7-2-4-13-5-8-14/h10,13H,1-9H2,(H,16,17)/t10-/m0/s1. The number of nitrogens with zero attached hydrogens (tertiary/aromatic N) is 2. The smallest absolute Gasteiger partial charge is 0.320 e. The van der Waals surface area contributed by atoms with Gasteiger partial charge in [0, 0.05) is 32.7 Å². The number of nitrogens with one attached hydrogen (secondary N) is 1. The van der Waals surface area contributed by atoms with Crippen LogP contribution in [0.5, 0.6) is 0 Å². The molecule has 2 N–H and O–H groups in total. The Balaban J connectivity index is 1.92. The molecule has 2 aliphatic heterocycles. The number of carbonyl (C=O) groups excluding carboxylic acids is 1. The van der Waals surface area contributed by atoms with Gasteiger partial charge in [-0.2, -0.15) is 0 Å². The van der Waals surface area contributed by atoms with Gasteiger partial charge < -0.3 is 20.2 Å². The molecule has 0 bridgehead atoms. The number of carboxylic acids is 1. The Labute approximate surface area is 107 Å². The summed E-state index contributed by atoms with van der Waals surface area (Å²) in [5.41, 5.74) is 0. The maximum atomic E-state index is 12.3. The van der Waals surface area contributed by atoms with Gasteiger partial charge in [0.1, 0.15) is 0 Å². The van der Waals surface area contributed by atoms with Gasteiger partial charge in [-0.1, -0.05) is 0 Å². The normalized spacial score (nSPS) is 25.7. The lowest BCUT2D eigenvalue weighted by molar-refractivity contribution is -0.143. The molecule has 2 rings (SSSR count). The topological polar surface area (TPSA) is 72.9 Å². The maximum absolute atomic E-state index is 12.3. The van der Waals surface area contributed by atoms with Gasteiger partial charge >= 0.3 is 12.0 Å². The zero-order valence-corrected chi connectivity index (χ0v) is 10.6. The van der Waals surface area contributed by atoms with E-state index in [1.54, 1.807) is 4.90 Å². The Hall–Kier alpha value is -1.30. The van der Waals surface area contributed by atoms with Crippen molar-refractivity contribution in [1.29, 1.82) is 0 Å². The second-order valence-electron chi connectivity index (χ2n) is 5.00. The van der Waals surface area contributed by atoms with E-state index in [0.29, 0.717) is 26.1 Å². The Bertz CT molecular complexity index is 314. The molecule has 2 heterocycles. The molecule has 2 aliphatic rings. The number of hydrogen-bond acceptors (Lipinski definition) is 3. The van der Waals surface area contributed by atoms with Crippen LogP contribution in [0.4, 0.5) is 4.79 Å². The lowest BCUT2D eigenvalue weighted by atomic mass is 9.99. The van der Waals surface area contributed by atoms with Crippen molar-refractivity contribution in [3.63, 3.8) is 0 Å². The molecule has 6 heteroatoms. The fourth-order valence-corrected chi connectivity index (χ4v) is 2.59. The number of urea groups is 1. The number of piperidine rings is 1.